The standard InChI is InChI=1S/C18H24N4O4.ClH/c23-15-5-4-14(16(24)20-15)22-17(25)12-3-2-11(10-13(12)18(22)26)21-8-1-6-19-7-9-21;/h2-3,10,14-16,19-20,23-24H,1,4-9H2;1H. The molecule has 1 aromatic rings. The molecule has 8 nitrogen and oxygen atoms in total. The van der Waals surface area contributed by atoms with Crippen LogP contribution in [0.4, 0.5) is 5.69 Å². The molecule has 2 amide bonds. The van der Waals surface area contributed by atoms with Crippen molar-refractivity contribution in [2.45, 2.75) is 37.8 Å². The molecule has 0 aliphatic carbocycles. The second kappa shape index (κ2) is 8.12. The zero-order chi connectivity index (χ0) is 18.3. The van der Waals surface area contributed by atoms with Gasteiger partial charge < -0.3 is 20.4 Å². The van der Waals surface area contributed by atoms with Gasteiger partial charge in [-0.3, -0.25) is 19.8 Å². The first-order valence-corrected chi connectivity index (χ1v) is 9.16. The minimum Gasteiger partial charge on any atom is -0.379 e. The number of hydrogen-bond acceptors (Lipinski definition) is 7. The fourth-order valence-electron chi connectivity index (χ4n) is 4.00. The molecule has 148 valence electrons. The summed E-state index contributed by atoms with van der Waals surface area (Å²) in [6.45, 7) is 3.62. The van der Waals surface area contributed by atoms with Gasteiger partial charge in [0.15, 0.2) is 0 Å². The summed E-state index contributed by atoms with van der Waals surface area (Å²) in [4.78, 5) is 29.0. The molecule has 2 saturated heterocycles. The summed E-state index contributed by atoms with van der Waals surface area (Å²) in [6.07, 6.45) is -0.179. The zero-order valence-electron chi connectivity index (χ0n) is 14.9. The maximum atomic E-state index is 12.9. The van der Waals surface area contributed by atoms with Crippen molar-refractivity contribution in [3.05, 3.63) is 29.3 Å². The van der Waals surface area contributed by atoms with Crippen molar-refractivity contribution in [2.24, 2.45) is 0 Å². The first kappa shape index (κ1) is 20.0. The normalized spacial score (nSPS) is 28.6. The van der Waals surface area contributed by atoms with Crippen molar-refractivity contribution in [2.75, 3.05) is 31.1 Å². The van der Waals surface area contributed by atoms with Gasteiger partial charge in [0.2, 0.25) is 0 Å². The average molecular weight is 397 g/mol. The van der Waals surface area contributed by atoms with E-state index in [0.717, 1.165) is 43.2 Å². The number of nitrogens with zero attached hydrogens (tertiary/aromatic N) is 2. The van der Waals surface area contributed by atoms with Crippen LogP contribution >= 0.6 is 12.4 Å². The molecule has 4 N–H and O–H groups in total. The fraction of sp³-hybridized carbons (Fsp3) is 0.556. The highest BCUT2D eigenvalue weighted by molar-refractivity contribution is 6.22. The Bertz CT molecular complexity index is 723. The maximum Gasteiger partial charge on any atom is 0.262 e. The number of hydrogen-bond donors (Lipinski definition) is 4. The van der Waals surface area contributed by atoms with E-state index in [4.69, 9.17) is 0 Å². The summed E-state index contributed by atoms with van der Waals surface area (Å²) in [7, 11) is 0. The summed E-state index contributed by atoms with van der Waals surface area (Å²) < 4.78 is 0. The number of aliphatic hydroxyl groups excluding tert-OH is 2. The molecule has 0 spiro atoms. The van der Waals surface area contributed by atoms with Crippen LogP contribution in [0.15, 0.2) is 18.2 Å². The number of carbonyl (C=O) groups is 2. The second-order valence-electron chi connectivity index (χ2n) is 7.07. The third-order valence-electron chi connectivity index (χ3n) is 5.40. The number of halogens is 1. The van der Waals surface area contributed by atoms with Crippen LogP contribution in [0.2, 0.25) is 0 Å². The molecule has 27 heavy (non-hydrogen) atoms. The molecule has 3 aliphatic heterocycles. The summed E-state index contributed by atoms with van der Waals surface area (Å²) in [5.74, 6) is -0.752. The molecule has 3 unspecified atom stereocenters. The van der Waals surface area contributed by atoms with Crippen LogP contribution < -0.4 is 15.5 Å². The molecular weight excluding hydrogens is 372 g/mol. The first-order chi connectivity index (χ1) is 12.6. The van der Waals surface area contributed by atoms with E-state index in [0.29, 0.717) is 24.0 Å². The number of rotatable bonds is 2. The summed E-state index contributed by atoms with van der Waals surface area (Å²) >= 11 is 0. The molecule has 3 aliphatic rings. The predicted molar refractivity (Wildman–Crippen MR) is 102 cm³/mol. The fourth-order valence-corrected chi connectivity index (χ4v) is 4.00. The van der Waals surface area contributed by atoms with Gasteiger partial charge in [-0.05, 0) is 44.0 Å². The molecule has 9 heteroatoms. The van der Waals surface area contributed by atoms with E-state index >= 15 is 0 Å². The van der Waals surface area contributed by atoms with Crippen LogP contribution in [0.1, 0.15) is 40.0 Å². The maximum absolute atomic E-state index is 12.9. The third-order valence-corrected chi connectivity index (χ3v) is 5.40. The van der Waals surface area contributed by atoms with E-state index in [9.17, 15) is 19.8 Å². The molecule has 0 radical (unpaired) electrons. The van der Waals surface area contributed by atoms with Gasteiger partial charge in [0, 0.05) is 25.3 Å². The van der Waals surface area contributed by atoms with Crippen molar-refractivity contribution >= 4 is 29.9 Å². The quantitative estimate of drug-likeness (QED) is 0.517. The van der Waals surface area contributed by atoms with E-state index in [1.165, 1.54) is 0 Å². The number of anilines is 1. The van der Waals surface area contributed by atoms with E-state index in [1.54, 1.807) is 12.1 Å². The summed E-state index contributed by atoms with van der Waals surface area (Å²) in [6, 6.07) is 4.72. The Morgan fingerprint density at radius 3 is 2.56 bits per heavy atom. The predicted octanol–water partition coefficient (Wildman–Crippen LogP) is -0.107. The number of piperidine rings is 1. The van der Waals surface area contributed by atoms with Gasteiger partial charge in [-0.1, -0.05) is 0 Å². The Morgan fingerprint density at radius 1 is 1.00 bits per heavy atom. The third kappa shape index (κ3) is 3.68. The Morgan fingerprint density at radius 2 is 1.78 bits per heavy atom. The molecule has 3 atom stereocenters. The minimum absolute atomic E-state index is 0. The van der Waals surface area contributed by atoms with Crippen LogP contribution in [-0.2, 0) is 0 Å². The number of imide groups is 1. The molecule has 0 saturated carbocycles. The molecule has 4 rings (SSSR count). The Hall–Kier alpha value is -1.71. The van der Waals surface area contributed by atoms with E-state index in [2.05, 4.69) is 15.5 Å². The van der Waals surface area contributed by atoms with Crippen LogP contribution in [-0.4, -0.2) is 71.6 Å². The molecule has 0 bridgehead atoms. The zero-order valence-corrected chi connectivity index (χ0v) is 15.7. The monoisotopic (exact) mass is 396 g/mol. The minimum atomic E-state index is -1.13. The van der Waals surface area contributed by atoms with Crippen molar-refractivity contribution in [1.29, 1.82) is 0 Å². The van der Waals surface area contributed by atoms with Gasteiger partial charge in [-0.2, -0.15) is 0 Å². The average Bonchev–Trinajstić information content (AvgIpc) is 2.82. The smallest absolute Gasteiger partial charge is 0.262 e. The van der Waals surface area contributed by atoms with Gasteiger partial charge in [0.1, 0.15) is 12.5 Å². The van der Waals surface area contributed by atoms with Crippen molar-refractivity contribution in [3.8, 4) is 0 Å². The van der Waals surface area contributed by atoms with E-state index in [1.807, 2.05) is 6.07 Å². The number of nitrogens with one attached hydrogen (secondary N) is 2. The largest absolute Gasteiger partial charge is 0.379 e. The topological polar surface area (TPSA) is 105 Å². The van der Waals surface area contributed by atoms with Crippen molar-refractivity contribution in [1.82, 2.24) is 15.5 Å². The van der Waals surface area contributed by atoms with Crippen molar-refractivity contribution < 1.29 is 19.8 Å². The van der Waals surface area contributed by atoms with Crippen LogP contribution in [0.5, 0.6) is 0 Å². The van der Waals surface area contributed by atoms with E-state index < -0.39 is 18.5 Å². The number of fused-ring (bicyclic) bond motifs is 1. The van der Waals surface area contributed by atoms with Gasteiger partial charge in [0.05, 0.1) is 17.2 Å². The lowest BCUT2D eigenvalue weighted by atomic mass is 10.0. The molecule has 0 aromatic heterocycles. The van der Waals surface area contributed by atoms with Gasteiger partial charge >= 0.3 is 0 Å². The molecule has 2 fully saturated rings. The van der Waals surface area contributed by atoms with Crippen LogP contribution in [0.3, 0.4) is 0 Å². The lowest BCUT2D eigenvalue weighted by Crippen LogP contribution is -2.58. The van der Waals surface area contributed by atoms with Crippen LogP contribution in [0, 0.1) is 0 Å². The number of amides is 2. The van der Waals surface area contributed by atoms with E-state index in [-0.39, 0.29) is 24.2 Å². The van der Waals surface area contributed by atoms with Gasteiger partial charge in [-0.25, -0.2) is 0 Å². The highest BCUT2D eigenvalue weighted by atomic mass is 35.5. The summed E-state index contributed by atoms with van der Waals surface area (Å²) in [5.41, 5.74) is 1.71. The summed E-state index contributed by atoms with van der Waals surface area (Å²) in [5, 5.41) is 25.7. The number of carbonyl (C=O) groups excluding carboxylic acids is 2. The molecule has 1 aromatic carbocycles. The van der Waals surface area contributed by atoms with Crippen molar-refractivity contribution in [3.63, 3.8) is 0 Å². The van der Waals surface area contributed by atoms with Crippen LogP contribution in [0.25, 0.3) is 0 Å². The highest BCUT2D eigenvalue weighted by Gasteiger charge is 2.44. The Kier molecular flexibility index (Phi) is 6.02. The second-order valence-corrected chi connectivity index (χ2v) is 7.07. The molecular formula is C18H25ClN4O4. The lowest BCUT2D eigenvalue weighted by molar-refractivity contribution is -0.0413. The Labute approximate surface area is 163 Å². The van der Waals surface area contributed by atoms with Gasteiger partial charge in [0.25, 0.3) is 11.8 Å². The lowest BCUT2D eigenvalue weighted by Gasteiger charge is -2.36. The Balaban J connectivity index is 0.00000210. The number of benzene rings is 1. The number of aliphatic hydroxyl groups is 2. The highest BCUT2D eigenvalue weighted by Crippen LogP contribution is 2.31. The molecule has 3 heterocycles. The first-order valence-electron chi connectivity index (χ1n) is 9.16. The van der Waals surface area contributed by atoms with Gasteiger partial charge in [-0.15, -0.1) is 12.4 Å². The SMILES string of the molecule is Cl.O=C1c2ccc(N3CCCNCC3)cc2C(=O)N1C1CCC(O)NC1O.